The van der Waals surface area contributed by atoms with Crippen molar-refractivity contribution in [3.05, 3.63) is 33.9 Å². The fraction of sp³-hybridized carbons (Fsp3) is 0.125. The average Bonchev–Trinajstić information content (AvgIpc) is 2.19. The fourth-order valence-corrected chi connectivity index (χ4v) is 1.05. The van der Waals surface area contributed by atoms with Gasteiger partial charge in [-0.05, 0) is 0 Å². The van der Waals surface area contributed by atoms with Gasteiger partial charge in [-0.15, -0.1) is 0 Å². The van der Waals surface area contributed by atoms with Gasteiger partial charge in [0.2, 0.25) is 5.17 Å². The summed E-state index contributed by atoms with van der Waals surface area (Å²) in [6, 6.07) is 0.398. The van der Waals surface area contributed by atoms with Crippen LogP contribution < -0.4 is 0 Å². The molecule has 0 amide bonds. The Bertz CT molecular complexity index is 529. The van der Waals surface area contributed by atoms with Crippen molar-refractivity contribution in [2.75, 3.05) is 0 Å². The molecule has 0 atom stereocenters. The third kappa shape index (κ3) is 3.13. The van der Waals surface area contributed by atoms with Crippen molar-refractivity contribution in [3.8, 4) is 0 Å². The summed E-state index contributed by atoms with van der Waals surface area (Å²) in [5, 5.41) is 8.43. The molecular weight excluding hydrogens is 287 g/mol. The molecule has 0 radical (unpaired) electrons. The Kier molecular flexibility index (Phi) is 3.85. The molecule has 0 aliphatic carbocycles. The number of benzene rings is 1. The van der Waals surface area contributed by atoms with Gasteiger partial charge in [-0.1, -0.05) is 11.6 Å². The molecule has 0 aliphatic heterocycles. The van der Waals surface area contributed by atoms with Gasteiger partial charge in [-0.2, -0.15) is 13.2 Å². The second kappa shape index (κ2) is 4.84. The molecule has 1 aromatic carbocycles. The van der Waals surface area contributed by atoms with Gasteiger partial charge < -0.3 is 0 Å². The third-order valence-corrected chi connectivity index (χ3v) is 1.95. The maximum atomic E-state index is 13.1. The first-order valence-corrected chi connectivity index (χ1v) is 4.45. The predicted molar refractivity (Wildman–Crippen MR) is 52.0 cm³/mol. The average molecular weight is 289 g/mol. The minimum atomic E-state index is -5.09. The number of hydrogen-bond donors (Lipinski definition) is 0. The van der Waals surface area contributed by atoms with Crippen molar-refractivity contribution in [2.24, 2.45) is 4.99 Å². The molecule has 1 aromatic rings. The van der Waals surface area contributed by atoms with Crippen LogP contribution in [-0.4, -0.2) is 16.3 Å². The molecule has 1 rings (SSSR count). The van der Waals surface area contributed by atoms with E-state index in [9.17, 15) is 32.1 Å². The highest BCUT2D eigenvalue weighted by molar-refractivity contribution is 6.67. The maximum Gasteiger partial charge on any atom is 0.444 e. The lowest BCUT2D eigenvalue weighted by Crippen LogP contribution is -2.16. The highest BCUT2D eigenvalue weighted by Gasteiger charge is 2.35. The molecule has 98 valence electrons. The molecule has 0 saturated carbocycles. The molecule has 0 heterocycles. The van der Waals surface area contributed by atoms with E-state index in [0.29, 0.717) is 0 Å². The van der Waals surface area contributed by atoms with Crippen molar-refractivity contribution in [1.82, 2.24) is 0 Å². The number of nitro benzene ring substituents is 1. The summed E-state index contributed by atoms with van der Waals surface area (Å²) in [5.41, 5.74) is -2.54. The van der Waals surface area contributed by atoms with Crippen molar-refractivity contribution in [1.29, 1.82) is 0 Å². The van der Waals surface area contributed by atoms with Gasteiger partial charge in [-0.25, -0.2) is 13.8 Å². The van der Waals surface area contributed by atoms with Crippen LogP contribution in [0.4, 0.5) is 33.3 Å². The molecule has 0 fully saturated rings. The van der Waals surface area contributed by atoms with Crippen LogP contribution in [0.1, 0.15) is 0 Å². The Morgan fingerprint density at radius 3 is 2.33 bits per heavy atom. The molecule has 18 heavy (non-hydrogen) atoms. The fourth-order valence-electron chi connectivity index (χ4n) is 0.964. The SMILES string of the molecule is O=[N+]([O-])c1cc(F)cc(F)c1N=C(Cl)C(F)(F)F. The number of aliphatic imine (C=N–C) groups is 1. The molecule has 0 aliphatic rings. The van der Waals surface area contributed by atoms with E-state index < -0.39 is 39.3 Å². The van der Waals surface area contributed by atoms with Crippen LogP contribution in [0.15, 0.2) is 17.1 Å². The van der Waals surface area contributed by atoms with Crippen molar-refractivity contribution in [2.45, 2.75) is 6.18 Å². The summed E-state index contributed by atoms with van der Waals surface area (Å²) in [5.74, 6) is -2.94. The largest absolute Gasteiger partial charge is 0.444 e. The zero-order valence-electron chi connectivity index (χ0n) is 8.13. The summed E-state index contributed by atoms with van der Waals surface area (Å²) in [4.78, 5) is 11.7. The number of rotatable bonds is 2. The first-order chi connectivity index (χ1) is 8.12. The zero-order valence-corrected chi connectivity index (χ0v) is 8.89. The molecule has 0 spiro atoms. The lowest BCUT2D eigenvalue weighted by molar-refractivity contribution is -0.384. The monoisotopic (exact) mass is 288 g/mol. The molecule has 0 N–H and O–H groups in total. The standard InChI is InChI=1S/C8H2ClF5N2O2/c9-7(8(12,13)14)15-6-4(11)1-3(10)2-5(6)16(17)18/h1-2H. The second-order valence-corrected chi connectivity index (χ2v) is 3.27. The number of hydrogen-bond acceptors (Lipinski definition) is 3. The number of halogens is 6. The molecule has 0 bridgehead atoms. The molecule has 0 saturated heterocycles. The van der Waals surface area contributed by atoms with Crippen molar-refractivity contribution in [3.63, 3.8) is 0 Å². The van der Waals surface area contributed by atoms with E-state index in [4.69, 9.17) is 11.6 Å². The highest BCUT2D eigenvalue weighted by atomic mass is 35.5. The predicted octanol–water partition coefficient (Wildman–Crippen LogP) is 3.70. The van der Waals surface area contributed by atoms with Gasteiger partial charge in [0.05, 0.1) is 11.0 Å². The number of nitrogens with zero attached hydrogens (tertiary/aromatic N) is 2. The molecule has 0 unspecified atom stereocenters. The van der Waals surface area contributed by atoms with Crippen LogP contribution in [0.5, 0.6) is 0 Å². The summed E-state index contributed by atoms with van der Waals surface area (Å²) < 4.78 is 62.0. The van der Waals surface area contributed by atoms with E-state index >= 15 is 0 Å². The number of alkyl halides is 3. The van der Waals surface area contributed by atoms with Crippen LogP contribution in [0.25, 0.3) is 0 Å². The Morgan fingerprint density at radius 2 is 1.89 bits per heavy atom. The van der Waals surface area contributed by atoms with Gasteiger partial charge in [-0.3, -0.25) is 10.1 Å². The lowest BCUT2D eigenvalue weighted by atomic mass is 10.2. The van der Waals surface area contributed by atoms with Crippen molar-refractivity contribution < 1.29 is 26.9 Å². The lowest BCUT2D eigenvalue weighted by Gasteiger charge is -2.04. The van der Waals surface area contributed by atoms with Crippen LogP contribution in [0.2, 0.25) is 0 Å². The normalized spacial score (nSPS) is 12.7. The maximum absolute atomic E-state index is 13.1. The molecule has 4 nitrogen and oxygen atoms in total. The second-order valence-electron chi connectivity index (χ2n) is 2.91. The quantitative estimate of drug-likeness (QED) is 0.360. The van der Waals surface area contributed by atoms with E-state index in [0.717, 1.165) is 0 Å². The third-order valence-electron chi connectivity index (χ3n) is 1.65. The van der Waals surface area contributed by atoms with E-state index in [1.54, 1.807) is 0 Å². The van der Waals surface area contributed by atoms with Gasteiger partial charge in [0.15, 0.2) is 11.5 Å². The highest BCUT2D eigenvalue weighted by Crippen LogP contribution is 2.33. The van der Waals surface area contributed by atoms with E-state index in [1.165, 1.54) is 0 Å². The summed E-state index contributed by atoms with van der Waals surface area (Å²) in [7, 11) is 0. The van der Waals surface area contributed by atoms with Gasteiger partial charge in [0.25, 0.3) is 0 Å². The number of nitro groups is 1. The van der Waals surface area contributed by atoms with Gasteiger partial charge in [0, 0.05) is 6.07 Å². The first kappa shape index (κ1) is 14.3. The zero-order chi connectivity index (χ0) is 14.1. The van der Waals surface area contributed by atoms with Crippen molar-refractivity contribution >= 4 is 28.1 Å². The Balaban J connectivity index is 3.45. The molecular formula is C8H2ClF5N2O2. The summed E-state index contributed by atoms with van der Waals surface area (Å²) >= 11 is 4.72. The van der Waals surface area contributed by atoms with E-state index in [2.05, 4.69) is 4.99 Å². The smallest absolute Gasteiger partial charge is 0.258 e. The first-order valence-electron chi connectivity index (χ1n) is 4.07. The van der Waals surface area contributed by atoms with Gasteiger partial charge in [0.1, 0.15) is 5.82 Å². The summed E-state index contributed by atoms with van der Waals surface area (Å²) in [6.07, 6.45) is -5.09. The minimum Gasteiger partial charge on any atom is -0.258 e. The Labute approximate surface area is 101 Å². The molecule has 0 aromatic heterocycles. The Morgan fingerprint density at radius 1 is 1.33 bits per heavy atom. The minimum absolute atomic E-state index is 0.159. The van der Waals surface area contributed by atoms with Crippen LogP contribution in [0.3, 0.4) is 0 Å². The topological polar surface area (TPSA) is 55.5 Å². The van der Waals surface area contributed by atoms with E-state index in [1.807, 2.05) is 0 Å². The van der Waals surface area contributed by atoms with Crippen LogP contribution >= 0.6 is 11.6 Å². The van der Waals surface area contributed by atoms with Crippen LogP contribution in [-0.2, 0) is 0 Å². The Hall–Kier alpha value is -1.77. The van der Waals surface area contributed by atoms with E-state index in [-0.39, 0.29) is 12.1 Å². The van der Waals surface area contributed by atoms with Crippen LogP contribution in [0, 0.1) is 21.7 Å². The van der Waals surface area contributed by atoms with Gasteiger partial charge >= 0.3 is 11.9 Å². The molecule has 10 heteroatoms. The summed E-state index contributed by atoms with van der Waals surface area (Å²) in [6.45, 7) is 0.